The summed E-state index contributed by atoms with van der Waals surface area (Å²) in [6, 6.07) is 18.8. The molecule has 0 aliphatic carbocycles. The summed E-state index contributed by atoms with van der Waals surface area (Å²) < 4.78 is 5.78. The molecule has 2 N–H and O–H groups in total. The lowest BCUT2D eigenvalue weighted by Crippen LogP contribution is -2.38. The van der Waals surface area contributed by atoms with E-state index in [-0.39, 0.29) is 0 Å². The van der Waals surface area contributed by atoms with Gasteiger partial charge in [-0.3, -0.25) is 4.99 Å². The SMILES string of the molecule is CN=C(NCc1ccc(OCCCN(C)C)cc1)NCC(C)c1ccccc1. The molecule has 28 heavy (non-hydrogen) atoms. The van der Waals surface area contributed by atoms with E-state index >= 15 is 0 Å². The molecule has 0 fully saturated rings. The number of hydrogen-bond acceptors (Lipinski definition) is 3. The van der Waals surface area contributed by atoms with Gasteiger partial charge in [0, 0.05) is 26.7 Å². The predicted molar refractivity (Wildman–Crippen MR) is 118 cm³/mol. The van der Waals surface area contributed by atoms with Crippen LogP contribution in [-0.2, 0) is 6.54 Å². The van der Waals surface area contributed by atoms with Gasteiger partial charge in [-0.1, -0.05) is 49.4 Å². The second kappa shape index (κ2) is 12.0. The van der Waals surface area contributed by atoms with Crippen LogP contribution < -0.4 is 15.4 Å². The van der Waals surface area contributed by atoms with Gasteiger partial charge in [0.05, 0.1) is 6.61 Å². The molecule has 0 radical (unpaired) electrons. The summed E-state index contributed by atoms with van der Waals surface area (Å²) in [6.07, 6.45) is 1.03. The maximum Gasteiger partial charge on any atom is 0.191 e. The third-order valence-corrected chi connectivity index (χ3v) is 4.57. The molecular formula is C23H34N4O. The zero-order valence-electron chi connectivity index (χ0n) is 17.6. The zero-order chi connectivity index (χ0) is 20.2. The van der Waals surface area contributed by atoms with Crippen LogP contribution in [0.4, 0.5) is 0 Å². The van der Waals surface area contributed by atoms with Gasteiger partial charge in [0.2, 0.25) is 0 Å². The normalized spacial score (nSPS) is 12.7. The molecule has 5 heteroatoms. The highest BCUT2D eigenvalue weighted by Crippen LogP contribution is 2.14. The predicted octanol–water partition coefficient (Wildman–Crippen LogP) is 3.49. The van der Waals surface area contributed by atoms with Crippen LogP contribution in [0.15, 0.2) is 59.6 Å². The van der Waals surface area contributed by atoms with E-state index in [0.29, 0.717) is 5.92 Å². The first-order chi connectivity index (χ1) is 13.6. The highest BCUT2D eigenvalue weighted by molar-refractivity contribution is 5.79. The van der Waals surface area contributed by atoms with E-state index in [1.165, 1.54) is 11.1 Å². The van der Waals surface area contributed by atoms with Crippen LogP contribution in [0.25, 0.3) is 0 Å². The van der Waals surface area contributed by atoms with Crippen molar-refractivity contribution in [3.05, 3.63) is 65.7 Å². The Morgan fingerprint density at radius 3 is 2.39 bits per heavy atom. The molecule has 0 saturated carbocycles. The number of hydrogen-bond donors (Lipinski definition) is 2. The van der Waals surface area contributed by atoms with E-state index in [0.717, 1.165) is 44.4 Å². The molecule has 0 saturated heterocycles. The zero-order valence-corrected chi connectivity index (χ0v) is 17.6. The van der Waals surface area contributed by atoms with Crippen molar-refractivity contribution in [1.82, 2.24) is 15.5 Å². The molecule has 0 spiro atoms. The van der Waals surface area contributed by atoms with E-state index in [1.807, 2.05) is 18.2 Å². The van der Waals surface area contributed by atoms with Crippen LogP contribution in [0.2, 0.25) is 0 Å². The fourth-order valence-electron chi connectivity index (χ4n) is 2.83. The van der Waals surface area contributed by atoms with Gasteiger partial charge >= 0.3 is 0 Å². The average Bonchev–Trinajstić information content (AvgIpc) is 2.72. The summed E-state index contributed by atoms with van der Waals surface area (Å²) in [6.45, 7) is 5.56. The number of nitrogens with one attached hydrogen (secondary N) is 2. The van der Waals surface area contributed by atoms with Gasteiger partial charge in [-0.15, -0.1) is 0 Å². The van der Waals surface area contributed by atoms with E-state index in [9.17, 15) is 0 Å². The molecule has 1 atom stereocenters. The molecule has 152 valence electrons. The van der Waals surface area contributed by atoms with Crippen molar-refractivity contribution >= 4 is 5.96 Å². The minimum atomic E-state index is 0.420. The second-order valence-electron chi connectivity index (χ2n) is 7.27. The molecule has 0 amide bonds. The Bertz CT molecular complexity index is 698. The van der Waals surface area contributed by atoms with E-state index < -0.39 is 0 Å². The largest absolute Gasteiger partial charge is 0.494 e. The van der Waals surface area contributed by atoms with Crippen molar-refractivity contribution < 1.29 is 4.74 Å². The number of ether oxygens (including phenoxy) is 1. The maximum absolute atomic E-state index is 5.78. The average molecular weight is 383 g/mol. The fraction of sp³-hybridized carbons (Fsp3) is 0.435. The number of aliphatic imine (C=N–C) groups is 1. The van der Waals surface area contributed by atoms with E-state index in [2.05, 4.69) is 77.9 Å². The lowest BCUT2D eigenvalue weighted by Gasteiger charge is -2.16. The third-order valence-electron chi connectivity index (χ3n) is 4.57. The Morgan fingerprint density at radius 1 is 1.04 bits per heavy atom. The van der Waals surface area contributed by atoms with Gasteiger partial charge in [-0.2, -0.15) is 0 Å². The van der Waals surface area contributed by atoms with Crippen molar-refractivity contribution in [2.24, 2.45) is 4.99 Å². The van der Waals surface area contributed by atoms with Crippen molar-refractivity contribution in [2.45, 2.75) is 25.8 Å². The first kappa shape index (κ1) is 21.8. The first-order valence-electron chi connectivity index (χ1n) is 9.94. The minimum Gasteiger partial charge on any atom is -0.494 e. The molecular weight excluding hydrogens is 348 g/mol. The summed E-state index contributed by atoms with van der Waals surface area (Å²) >= 11 is 0. The highest BCUT2D eigenvalue weighted by atomic mass is 16.5. The molecule has 5 nitrogen and oxygen atoms in total. The van der Waals surface area contributed by atoms with E-state index in [4.69, 9.17) is 4.74 Å². The summed E-state index contributed by atoms with van der Waals surface area (Å²) in [4.78, 5) is 6.48. The first-order valence-corrected chi connectivity index (χ1v) is 9.94. The fourth-order valence-corrected chi connectivity index (χ4v) is 2.83. The Balaban J connectivity index is 1.72. The monoisotopic (exact) mass is 382 g/mol. The van der Waals surface area contributed by atoms with Crippen LogP contribution in [0.1, 0.15) is 30.4 Å². The Hall–Kier alpha value is -2.53. The topological polar surface area (TPSA) is 48.9 Å². The summed E-state index contributed by atoms with van der Waals surface area (Å²) in [5.74, 6) is 2.15. The molecule has 0 aromatic heterocycles. The van der Waals surface area contributed by atoms with Gasteiger partial charge in [-0.05, 0) is 49.7 Å². The maximum atomic E-state index is 5.78. The van der Waals surface area contributed by atoms with Crippen molar-refractivity contribution in [1.29, 1.82) is 0 Å². The molecule has 2 aromatic carbocycles. The number of guanidine groups is 1. The lowest BCUT2D eigenvalue weighted by atomic mass is 10.0. The van der Waals surface area contributed by atoms with Gasteiger partial charge in [0.1, 0.15) is 5.75 Å². The van der Waals surface area contributed by atoms with Crippen molar-refractivity contribution in [3.8, 4) is 5.75 Å². The van der Waals surface area contributed by atoms with Gasteiger partial charge in [0.25, 0.3) is 0 Å². The number of benzene rings is 2. The van der Waals surface area contributed by atoms with Crippen molar-refractivity contribution in [3.63, 3.8) is 0 Å². The Morgan fingerprint density at radius 2 is 1.75 bits per heavy atom. The van der Waals surface area contributed by atoms with E-state index in [1.54, 1.807) is 7.05 Å². The molecule has 1 unspecified atom stereocenters. The Labute approximate surface area is 169 Å². The summed E-state index contributed by atoms with van der Waals surface area (Å²) in [5, 5.41) is 6.77. The molecule has 0 heterocycles. The van der Waals surface area contributed by atoms with Crippen LogP contribution >= 0.6 is 0 Å². The van der Waals surface area contributed by atoms with Crippen LogP contribution in [-0.4, -0.2) is 51.7 Å². The summed E-state index contributed by atoms with van der Waals surface area (Å²) in [5.41, 5.74) is 2.52. The third kappa shape index (κ3) is 8.01. The number of rotatable bonds is 10. The molecule has 2 aromatic rings. The minimum absolute atomic E-state index is 0.420. The molecule has 0 aliphatic rings. The molecule has 2 rings (SSSR count). The van der Waals surface area contributed by atoms with Crippen LogP contribution in [0.5, 0.6) is 5.75 Å². The smallest absolute Gasteiger partial charge is 0.191 e. The quantitative estimate of drug-likeness (QED) is 0.375. The second-order valence-corrected chi connectivity index (χ2v) is 7.27. The van der Waals surface area contributed by atoms with Gasteiger partial charge in [-0.25, -0.2) is 0 Å². The van der Waals surface area contributed by atoms with Gasteiger partial charge < -0.3 is 20.3 Å². The molecule has 0 aliphatic heterocycles. The van der Waals surface area contributed by atoms with Crippen molar-refractivity contribution in [2.75, 3.05) is 40.8 Å². The molecule has 0 bridgehead atoms. The number of nitrogens with zero attached hydrogens (tertiary/aromatic N) is 2. The summed E-state index contributed by atoms with van der Waals surface area (Å²) in [7, 11) is 5.95. The lowest BCUT2D eigenvalue weighted by molar-refractivity contribution is 0.281. The standard InChI is InChI=1S/C23H34N4O/c1-19(21-9-6-5-7-10-21)17-25-23(24-2)26-18-20-11-13-22(14-12-20)28-16-8-15-27(3)4/h5-7,9-14,19H,8,15-18H2,1-4H3,(H2,24,25,26). The van der Waals surface area contributed by atoms with Gasteiger partial charge in [0.15, 0.2) is 5.96 Å². The van der Waals surface area contributed by atoms with Crippen LogP contribution in [0, 0.1) is 0 Å². The Kier molecular flexibility index (Phi) is 9.35. The highest BCUT2D eigenvalue weighted by Gasteiger charge is 2.06. The van der Waals surface area contributed by atoms with Crippen LogP contribution in [0.3, 0.4) is 0 Å².